The fourth-order valence-electron chi connectivity index (χ4n) is 3.97. The average molecular weight is 662 g/mol. The van der Waals surface area contributed by atoms with Crippen LogP contribution >= 0.6 is 39.1 Å². The van der Waals surface area contributed by atoms with Gasteiger partial charge in [-0.3, -0.25) is 14.0 Å². The molecule has 41 heavy (non-hydrogen) atoms. The molecular formula is C29H27BrCl2N4O5. The van der Waals surface area contributed by atoms with Crippen molar-refractivity contribution in [2.24, 2.45) is 0 Å². The molecule has 0 bridgehead atoms. The second kappa shape index (κ2) is 13.3. The molecule has 0 atom stereocenters. The molecule has 4 aromatic rings. The molecule has 0 spiro atoms. The number of pyridine rings is 1. The summed E-state index contributed by atoms with van der Waals surface area (Å²) in [7, 11) is 4.65. The van der Waals surface area contributed by atoms with Gasteiger partial charge in [0.05, 0.1) is 37.2 Å². The van der Waals surface area contributed by atoms with Crippen molar-refractivity contribution in [2.75, 3.05) is 32.7 Å². The third kappa shape index (κ3) is 6.78. The van der Waals surface area contributed by atoms with Crippen LogP contribution in [0.25, 0.3) is 11.7 Å². The summed E-state index contributed by atoms with van der Waals surface area (Å²) in [5.41, 5.74) is 3.13. The van der Waals surface area contributed by atoms with E-state index in [-0.39, 0.29) is 24.1 Å². The molecule has 2 aromatic carbocycles. The lowest BCUT2D eigenvalue weighted by molar-refractivity contribution is -0.122. The number of likely N-dealkylation sites (N-methyl/N-ethyl adjacent to an activating group) is 1. The van der Waals surface area contributed by atoms with Gasteiger partial charge in [0.15, 0.2) is 22.9 Å². The van der Waals surface area contributed by atoms with E-state index < -0.39 is 5.91 Å². The summed E-state index contributed by atoms with van der Waals surface area (Å²) in [5.74, 6) is 0.853. The summed E-state index contributed by atoms with van der Waals surface area (Å²) in [4.78, 5) is 31.2. The number of hydrogen-bond donors (Lipinski definition) is 1. The first-order chi connectivity index (χ1) is 19.6. The van der Waals surface area contributed by atoms with E-state index in [1.807, 2.05) is 23.6 Å². The predicted molar refractivity (Wildman–Crippen MR) is 163 cm³/mol. The number of fused-ring (bicyclic) bond motifs is 1. The number of anilines is 1. The third-order valence-corrected chi connectivity index (χ3v) is 7.97. The molecule has 2 aromatic heterocycles. The van der Waals surface area contributed by atoms with Gasteiger partial charge in [-0.1, -0.05) is 29.3 Å². The second-order valence-electron chi connectivity index (χ2n) is 8.82. The molecule has 0 aliphatic rings. The first-order valence-electron chi connectivity index (χ1n) is 12.3. The van der Waals surface area contributed by atoms with Gasteiger partial charge in [-0.15, -0.1) is 0 Å². The Morgan fingerprint density at radius 2 is 1.85 bits per heavy atom. The molecule has 2 amide bonds. The van der Waals surface area contributed by atoms with Crippen molar-refractivity contribution in [3.8, 4) is 17.2 Å². The molecule has 0 saturated heterocycles. The van der Waals surface area contributed by atoms with Crippen LogP contribution in [0.5, 0.6) is 17.2 Å². The number of methoxy groups -OCH3 is 2. The SMILES string of the molecule is COc1ccc(/C=C/C(=O)NCC(=O)N(C)c2ccc(Cl)c(COc3cccn4c(Br)c(C)nc34)c2Cl)cc1OC. The number of amides is 2. The lowest BCUT2D eigenvalue weighted by Crippen LogP contribution is -2.37. The van der Waals surface area contributed by atoms with Crippen LogP contribution in [0.2, 0.25) is 10.0 Å². The molecule has 0 unspecified atom stereocenters. The van der Waals surface area contributed by atoms with E-state index >= 15 is 0 Å². The van der Waals surface area contributed by atoms with Gasteiger partial charge in [0.1, 0.15) is 11.2 Å². The Hall–Kier alpha value is -3.73. The molecule has 0 saturated carbocycles. The van der Waals surface area contributed by atoms with E-state index in [1.54, 1.807) is 56.6 Å². The van der Waals surface area contributed by atoms with Crippen molar-refractivity contribution >= 4 is 68.4 Å². The van der Waals surface area contributed by atoms with Gasteiger partial charge >= 0.3 is 0 Å². The van der Waals surface area contributed by atoms with Gasteiger partial charge in [-0.05, 0) is 70.9 Å². The number of nitrogens with zero attached hydrogens (tertiary/aromatic N) is 3. The summed E-state index contributed by atoms with van der Waals surface area (Å²) in [6, 6.07) is 12.2. The quantitative estimate of drug-likeness (QED) is 0.207. The van der Waals surface area contributed by atoms with Crippen molar-refractivity contribution in [2.45, 2.75) is 13.5 Å². The standard InChI is InChI=1S/C29H27BrCl2N4O5/c1-17-28(30)36-13-5-6-23(29(36)34-17)41-16-19-20(31)9-10-21(27(19)32)35(2)26(38)15-33-25(37)12-8-18-7-11-22(39-3)24(14-18)40-4/h5-14H,15-16H2,1-4H3,(H,33,37)/b12-8+. The molecule has 214 valence electrons. The first-order valence-corrected chi connectivity index (χ1v) is 13.9. The average Bonchev–Trinajstić information content (AvgIpc) is 3.27. The zero-order valence-corrected chi connectivity index (χ0v) is 25.8. The highest BCUT2D eigenvalue weighted by Gasteiger charge is 2.20. The smallest absolute Gasteiger partial charge is 0.246 e. The van der Waals surface area contributed by atoms with E-state index in [2.05, 4.69) is 26.2 Å². The highest BCUT2D eigenvalue weighted by molar-refractivity contribution is 9.10. The zero-order valence-electron chi connectivity index (χ0n) is 22.7. The van der Waals surface area contributed by atoms with Crippen LogP contribution in [0, 0.1) is 6.92 Å². The summed E-state index contributed by atoms with van der Waals surface area (Å²) in [6.45, 7) is 1.70. The zero-order chi connectivity index (χ0) is 29.7. The van der Waals surface area contributed by atoms with Crippen LogP contribution in [-0.2, 0) is 16.2 Å². The molecule has 12 heteroatoms. The van der Waals surface area contributed by atoms with Gasteiger partial charge < -0.3 is 24.4 Å². The van der Waals surface area contributed by atoms with Gasteiger partial charge in [0.2, 0.25) is 11.8 Å². The Morgan fingerprint density at radius 1 is 1.10 bits per heavy atom. The minimum absolute atomic E-state index is 0.0500. The highest BCUT2D eigenvalue weighted by atomic mass is 79.9. The van der Waals surface area contributed by atoms with Crippen molar-refractivity contribution in [3.63, 3.8) is 0 Å². The normalized spacial score (nSPS) is 11.1. The summed E-state index contributed by atoms with van der Waals surface area (Å²) < 4.78 is 19.2. The number of halogens is 3. The van der Waals surface area contributed by atoms with Crippen LogP contribution < -0.4 is 24.4 Å². The third-order valence-electron chi connectivity index (χ3n) is 6.24. The van der Waals surface area contributed by atoms with E-state index in [9.17, 15) is 9.59 Å². The number of rotatable bonds is 10. The maximum atomic E-state index is 12.9. The van der Waals surface area contributed by atoms with Gasteiger partial charge in [0.25, 0.3) is 0 Å². The van der Waals surface area contributed by atoms with Crippen molar-refractivity contribution in [1.29, 1.82) is 0 Å². The first kappa shape index (κ1) is 30.2. The number of nitrogens with one attached hydrogen (secondary N) is 1. The molecule has 0 aliphatic heterocycles. The largest absolute Gasteiger partial charge is 0.493 e. The maximum Gasteiger partial charge on any atom is 0.246 e. The number of carbonyl (C=O) groups is 2. The molecule has 2 heterocycles. The summed E-state index contributed by atoms with van der Waals surface area (Å²) in [6.07, 6.45) is 4.82. The minimum Gasteiger partial charge on any atom is -0.493 e. The van der Waals surface area contributed by atoms with Crippen LogP contribution in [0.4, 0.5) is 5.69 Å². The molecule has 0 aliphatic carbocycles. The monoisotopic (exact) mass is 660 g/mol. The maximum absolute atomic E-state index is 12.9. The fraction of sp³-hybridized carbons (Fsp3) is 0.207. The Morgan fingerprint density at radius 3 is 2.59 bits per heavy atom. The Balaban J connectivity index is 1.41. The minimum atomic E-state index is -0.437. The highest BCUT2D eigenvalue weighted by Crippen LogP contribution is 2.35. The van der Waals surface area contributed by atoms with E-state index in [1.165, 1.54) is 18.1 Å². The molecular weight excluding hydrogens is 635 g/mol. The topological polar surface area (TPSA) is 94.4 Å². The van der Waals surface area contributed by atoms with Crippen LogP contribution in [0.15, 0.2) is 59.3 Å². The predicted octanol–water partition coefficient (Wildman–Crippen LogP) is 6.10. The van der Waals surface area contributed by atoms with Crippen LogP contribution in [-0.4, -0.2) is 49.0 Å². The van der Waals surface area contributed by atoms with Crippen LogP contribution in [0.1, 0.15) is 16.8 Å². The van der Waals surface area contributed by atoms with Crippen molar-refractivity contribution in [3.05, 3.63) is 86.2 Å². The van der Waals surface area contributed by atoms with E-state index in [4.69, 9.17) is 37.4 Å². The number of hydrogen-bond acceptors (Lipinski definition) is 6. The van der Waals surface area contributed by atoms with E-state index in [0.29, 0.717) is 39.2 Å². The Bertz CT molecular complexity index is 1640. The van der Waals surface area contributed by atoms with Gasteiger partial charge in [-0.2, -0.15) is 0 Å². The number of aryl methyl sites for hydroxylation is 1. The van der Waals surface area contributed by atoms with Crippen molar-refractivity contribution in [1.82, 2.24) is 14.7 Å². The molecule has 9 nitrogen and oxygen atoms in total. The lowest BCUT2D eigenvalue weighted by Gasteiger charge is -2.21. The Labute approximate surface area is 255 Å². The Kier molecular flexibility index (Phi) is 9.80. The number of ether oxygens (including phenoxy) is 3. The lowest BCUT2D eigenvalue weighted by atomic mass is 10.2. The molecule has 4 rings (SSSR count). The summed E-state index contributed by atoms with van der Waals surface area (Å²) >= 11 is 16.7. The number of aromatic nitrogens is 2. The second-order valence-corrected chi connectivity index (χ2v) is 10.4. The van der Waals surface area contributed by atoms with Crippen molar-refractivity contribution < 1.29 is 23.8 Å². The fourth-order valence-corrected chi connectivity index (χ4v) is 4.95. The van der Waals surface area contributed by atoms with Crippen LogP contribution in [0.3, 0.4) is 0 Å². The van der Waals surface area contributed by atoms with E-state index in [0.717, 1.165) is 15.9 Å². The molecule has 0 fully saturated rings. The van der Waals surface area contributed by atoms with Gasteiger partial charge in [0, 0.05) is 29.9 Å². The summed E-state index contributed by atoms with van der Waals surface area (Å²) in [5, 5.41) is 3.24. The molecule has 0 radical (unpaired) electrons. The number of imidazole rings is 1. The van der Waals surface area contributed by atoms with Gasteiger partial charge in [-0.25, -0.2) is 4.98 Å². The number of carbonyl (C=O) groups excluding carboxylic acids is 2. The number of benzene rings is 2. The molecule has 1 N–H and O–H groups in total.